The zero-order valence-electron chi connectivity index (χ0n) is 7.77. The maximum Gasteiger partial charge on any atom is 0.326 e. The first-order valence-electron chi connectivity index (χ1n) is 4.14. The molecule has 0 spiro atoms. The fourth-order valence-corrected chi connectivity index (χ4v) is 1.80. The third kappa shape index (κ3) is 2.53. The van der Waals surface area contributed by atoms with Crippen LogP contribution in [0.5, 0.6) is 0 Å². The molecule has 0 bridgehead atoms. The number of aliphatic hydroxyl groups excluding tert-OH is 1. The second-order valence-electron chi connectivity index (χ2n) is 3.07. The van der Waals surface area contributed by atoms with Gasteiger partial charge in [0.25, 0.3) is 5.91 Å². The lowest BCUT2D eigenvalue weighted by atomic mass is 10.2. The Kier molecular flexibility index (Phi) is 3.92. The fraction of sp³-hybridized carbons (Fsp3) is 0.571. The first-order chi connectivity index (χ1) is 7.26. The van der Waals surface area contributed by atoms with E-state index in [-0.39, 0.29) is 6.54 Å². The Morgan fingerprint density at radius 2 is 2.12 bits per heavy atom. The second-order valence-corrected chi connectivity index (χ2v) is 6.64. The highest BCUT2D eigenvalue weighted by atomic mass is 79.9. The standard InChI is InChI=1S/C7H8Br2N2O5/c8-7(9)4(14)10-6(16)11(5(7)15)2-1-3(12)13/h5,15H,1-2H2,(H,12,13)(H,10,14,16)/p-1/t5-/m1/s1. The van der Waals surface area contributed by atoms with Crippen LogP contribution in [0.2, 0.25) is 0 Å². The van der Waals surface area contributed by atoms with Gasteiger partial charge in [0.15, 0.2) is 6.23 Å². The summed E-state index contributed by atoms with van der Waals surface area (Å²) in [6, 6.07) is -0.853. The van der Waals surface area contributed by atoms with Crippen molar-refractivity contribution in [2.75, 3.05) is 6.54 Å². The molecule has 1 saturated heterocycles. The molecule has 3 amide bonds. The molecule has 0 aromatic heterocycles. The number of alkyl halides is 2. The largest absolute Gasteiger partial charge is 0.550 e. The van der Waals surface area contributed by atoms with E-state index in [9.17, 15) is 24.6 Å². The van der Waals surface area contributed by atoms with Gasteiger partial charge in [-0.15, -0.1) is 0 Å². The summed E-state index contributed by atoms with van der Waals surface area (Å²) in [4.78, 5) is 33.6. The van der Waals surface area contributed by atoms with Gasteiger partial charge in [-0.1, -0.05) is 31.9 Å². The number of aliphatic carboxylic acids is 1. The SMILES string of the molecule is O=C([O-])CCN1C(=O)NC(=O)C(Br)(Br)[C@H]1O. The van der Waals surface area contributed by atoms with E-state index >= 15 is 0 Å². The maximum atomic E-state index is 11.3. The maximum absolute atomic E-state index is 11.3. The topological polar surface area (TPSA) is 110 Å². The van der Waals surface area contributed by atoms with Crippen LogP contribution in [-0.2, 0) is 9.59 Å². The molecule has 0 aromatic rings. The van der Waals surface area contributed by atoms with Crippen LogP contribution in [0.1, 0.15) is 6.42 Å². The van der Waals surface area contributed by atoms with Crippen molar-refractivity contribution in [3.8, 4) is 0 Å². The molecular formula is C7H7Br2N2O5-. The van der Waals surface area contributed by atoms with Gasteiger partial charge in [0.1, 0.15) is 0 Å². The summed E-state index contributed by atoms with van der Waals surface area (Å²) in [7, 11) is 0. The van der Waals surface area contributed by atoms with E-state index in [0.717, 1.165) is 4.90 Å². The van der Waals surface area contributed by atoms with Gasteiger partial charge in [0.05, 0.1) is 0 Å². The minimum Gasteiger partial charge on any atom is -0.550 e. The van der Waals surface area contributed by atoms with Crippen molar-refractivity contribution in [3.63, 3.8) is 0 Å². The van der Waals surface area contributed by atoms with Gasteiger partial charge < -0.3 is 15.0 Å². The van der Waals surface area contributed by atoms with E-state index in [1.807, 2.05) is 5.32 Å². The number of carboxylic acid groups (broad SMARTS) is 1. The highest BCUT2D eigenvalue weighted by molar-refractivity contribution is 9.26. The molecule has 7 nitrogen and oxygen atoms in total. The summed E-state index contributed by atoms with van der Waals surface area (Å²) >= 11 is 5.79. The summed E-state index contributed by atoms with van der Waals surface area (Å²) in [5.41, 5.74) is 0. The summed E-state index contributed by atoms with van der Waals surface area (Å²) in [6.07, 6.45) is -1.94. The Hall–Kier alpha value is -0.670. The number of nitrogens with zero attached hydrogens (tertiary/aromatic N) is 1. The number of amides is 3. The van der Waals surface area contributed by atoms with E-state index < -0.39 is 33.8 Å². The van der Waals surface area contributed by atoms with Gasteiger partial charge in [-0.2, -0.15) is 0 Å². The number of hydrogen-bond acceptors (Lipinski definition) is 5. The Balaban J connectivity index is 2.80. The van der Waals surface area contributed by atoms with Crippen molar-refractivity contribution >= 4 is 49.8 Å². The molecule has 90 valence electrons. The van der Waals surface area contributed by atoms with Crippen LogP contribution in [-0.4, -0.2) is 43.9 Å². The molecule has 0 radical (unpaired) electrons. The van der Waals surface area contributed by atoms with Gasteiger partial charge in [-0.3, -0.25) is 15.0 Å². The van der Waals surface area contributed by atoms with Crippen LogP contribution < -0.4 is 10.4 Å². The minimum absolute atomic E-state index is 0.262. The number of urea groups is 1. The van der Waals surface area contributed by atoms with E-state index in [2.05, 4.69) is 31.9 Å². The molecule has 1 aliphatic rings. The zero-order valence-corrected chi connectivity index (χ0v) is 10.9. The van der Waals surface area contributed by atoms with Crippen LogP contribution >= 0.6 is 31.9 Å². The van der Waals surface area contributed by atoms with E-state index in [1.54, 1.807) is 0 Å². The number of nitrogens with one attached hydrogen (secondary N) is 1. The van der Waals surface area contributed by atoms with Crippen molar-refractivity contribution < 1.29 is 24.6 Å². The lowest BCUT2D eigenvalue weighted by Gasteiger charge is -2.39. The molecule has 0 aromatic carbocycles. The monoisotopic (exact) mass is 357 g/mol. The Morgan fingerprint density at radius 1 is 1.56 bits per heavy atom. The third-order valence-electron chi connectivity index (χ3n) is 1.96. The number of imide groups is 1. The van der Waals surface area contributed by atoms with Crippen LogP contribution in [0.3, 0.4) is 0 Å². The molecule has 9 heteroatoms. The molecule has 1 aliphatic heterocycles. The Morgan fingerprint density at radius 3 is 2.62 bits per heavy atom. The summed E-state index contributed by atoms with van der Waals surface area (Å²) in [5.74, 6) is -2.11. The van der Waals surface area contributed by atoms with Gasteiger partial charge in [-0.25, -0.2) is 4.79 Å². The van der Waals surface area contributed by atoms with Crippen LogP contribution in [0.4, 0.5) is 4.79 Å². The highest BCUT2D eigenvalue weighted by Gasteiger charge is 2.50. The first kappa shape index (κ1) is 13.4. The predicted octanol–water partition coefficient (Wildman–Crippen LogP) is -1.52. The van der Waals surface area contributed by atoms with Gasteiger partial charge in [0.2, 0.25) is 3.23 Å². The number of rotatable bonds is 3. The number of aliphatic hydroxyl groups is 1. The van der Waals surface area contributed by atoms with Gasteiger partial charge in [-0.05, 0) is 0 Å². The normalized spacial score (nSPS) is 24.2. The summed E-state index contributed by atoms with van der Waals surface area (Å²) in [5, 5.41) is 21.9. The van der Waals surface area contributed by atoms with E-state index in [4.69, 9.17) is 0 Å². The molecule has 16 heavy (non-hydrogen) atoms. The lowest BCUT2D eigenvalue weighted by molar-refractivity contribution is -0.305. The Labute approximate surface area is 107 Å². The van der Waals surface area contributed by atoms with Crippen molar-refractivity contribution in [1.82, 2.24) is 10.2 Å². The van der Waals surface area contributed by atoms with Crippen LogP contribution in [0.15, 0.2) is 0 Å². The van der Waals surface area contributed by atoms with E-state index in [1.165, 1.54) is 0 Å². The number of carboxylic acids is 1. The number of carbonyl (C=O) groups excluding carboxylic acids is 3. The smallest absolute Gasteiger partial charge is 0.326 e. The second kappa shape index (κ2) is 4.68. The Bertz CT molecular complexity index is 346. The fourth-order valence-electron chi connectivity index (χ4n) is 1.11. The highest BCUT2D eigenvalue weighted by Crippen LogP contribution is 2.34. The lowest BCUT2D eigenvalue weighted by Crippen LogP contribution is -2.65. The molecule has 1 atom stereocenters. The molecule has 0 unspecified atom stereocenters. The quantitative estimate of drug-likeness (QED) is 0.595. The molecule has 0 aliphatic carbocycles. The number of carbonyl (C=O) groups is 3. The van der Waals surface area contributed by atoms with Crippen LogP contribution in [0, 0.1) is 0 Å². The predicted molar refractivity (Wildman–Crippen MR) is 56.5 cm³/mol. The summed E-state index contributed by atoms with van der Waals surface area (Å²) < 4.78 is -1.54. The average molecular weight is 359 g/mol. The van der Waals surface area contributed by atoms with Crippen molar-refractivity contribution in [1.29, 1.82) is 0 Å². The van der Waals surface area contributed by atoms with Crippen molar-refractivity contribution in [2.24, 2.45) is 0 Å². The van der Waals surface area contributed by atoms with Crippen molar-refractivity contribution in [2.45, 2.75) is 15.9 Å². The molecular weight excluding hydrogens is 352 g/mol. The first-order valence-corrected chi connectivity index (χ1v) is 5.73. The summed E-state index contributed by atoms with van der Waals surface area (Å²) in [6.45, 7) is -0.262. The zero-order chi connectivity index (χ0) is 12.5. The van der Waals surface area contributed by atoms with Gasteiger partial charge >= 0.3 is 6.03 Å². The number of halogens is 2. The van der Waals surface area contributed by atoms with Crippen molar-refractivity contribution in [3.05, 3.63) is 0 Å². The third-order valence-corrected chi connectivity index (χ3v) is 3.50. The van der Waals surface area contributed by atoms with Crippen LogP contribution in [0.25, 0.3) is 0 Å². The minimum atomic E-state index is -1.54. The van der Waals surface area contributed by atoms with Gasteiger partial charge in [0, 0.05) is 18.9 Å². The molecule has 2 N–H and O–H groups in total. The average Bonchev–Trinajstić information content (AvgIpc) is 2.15. The molecule has 1 heterocycles. The molecule has 1 fully saturated rings. The molecule has 1 rings (SSSR count). The molecule has 0 saturated carbocycles. The van der Waals surface area contributed by atoms with E-state index in [0.29, 0.717) is 0 Å². The number of hydrogen-bond donors (Lipinski definition) is 2.